The van der Waals surface area contributed by atoms with Crippen LogP contribution in [0.25, 0.3) is 0 Å². The summed E-state index contributed by atoms with van der Waals surface area (Å²) in [7, 11) is 0. The molecule has 1 aliphatic rings. The van der Waals surface area contributed by atoms with Crippen molar-refractivity contribution >= 4 is 5.91 Å². The zero-order valence-electron chi connectivity index (χ0n) is 8.96. The summed E-state index contributed by atoms with van der Waals surface area (Å²) in [6.07, 6.45) is 0. The van der Waals surface area contributed by atoms with E-state index in [0.717, 1.165) is 0 Å². The highest BCUT2D eigenvalue weighted by atomic mass is 16.2. The SMILES string of the molecule is CC(C)(C)CN1N=NC(C)(C)C1=O. The molecule has 0 aromatic carbocycles. The second kappa shape index (κ2) is 2.79. The second-order valence-corrected chi connectivity index (χ2v) is 5.17. The van der Waals surface area contributed by atoms with Gasteiger partial charge in [0.05, 0.1) is 6.54 Å². The summed E-state index contributed by atoms with van der Waals surface area (Å²) in [6, 6.07) is 0. The number of nitrogens with zero attached hydrogens (tertiary/aromatic N) is 3. The zero-order valence-corrected chi connectivity index (χ0v) is 8.96. The quantitative estimate of drug-likeness (QED) is 0.613. The highest BCUT2D eigenvalue weighted by molar-refractivity contribution is 5.86. The predicted octanol–water partition coefficient (Wildman–Crippen LogP) is 2.02. The minimum Gasteiger partial charge on any atom is -0.270 e. The van der Waals surface area contributed by atoms with Gasteiger partial charge in [-0.25, -0.2) is 5.01 Å². The maximum Gasteiger partial charge on any atom is 0.273 e. The first kappa shape index (κ1) is 10.2. The number of carbonyl (C=O) groups excluding carboxylic acids is 1. The van der Waals surface area contributed by atoms with E-state index in [9.17, 15) is 4.79 Å². The highest BCUT2D eigenvalue weighted by Crippen LogP contribution is 2.25. The first-order chi connectivity index (χ1) is 5.72. The molecule has 0 N–H and O–H groups in total. The smallest absolute Gasteiger partial charge is 0.270 e. The molecule has 0 bridgehead atoms. The van der Waals surface area contributed by atoms with Gasteiger partial charge in [0.15, 0.2) is 5.54 Å². The highest BCUT2D eigenvalue weighted by Gasteiger charge is 2.39. The van der Waals surface area contributed by atoms with Crippen LogP contribution < -0.4 is 0 Å². The Labute approximate surface area is 79.0 Å². The molecule has 0 saturated heterocycles. The molecule has 74 valence electrons. The van der Waals surface area contributed by atoms with Crippen LogP contribution in [0.2, 0.25) is 0 Å². The summed E-state index contributed by atoms with van der Waals surface area (Å²) in [5.41, 5.74) is -0.597. The molecule has 0 aromatic rings. The summed E-state index contributed by atoms with van der Waals surface area (Å²) in [5.74, 6) is -0.0116. The summed E-state index contributed by atoms with van der Waals surface area (Å²) in [5, 5.41) is 9.24. The molecule has 4 nitrogen and oxygen atoms in total. The molecule has 1 heterocycles. The van der Waals surface area contributed by atoms with E-state index in [0.29, 0.717) is 6.54 Å². The molecule has 0 aromatic heterocycles. The lowest BCUT2D eigenvalue weighted by molar-refractivity contribution is -0.133. The third-order valence-corrected chi connectivity index (χ3v) is 1.78. The van der Waals surface area contributed by atoms with Crippen molar-refractivity contribution in [3.63, 3.8) is 0 Å². The number of rotatable bonds is 1. The third kappa shape index (κ3) is 2.26. The fourth-order valence-electron chi connectivity index (χ4n) is 1.12. The molecular formula is C9H17N3O. The van der Waals surface area contributed by atoms with E-state index in [2.05, 4.69) is 31.1 Å². The molecule has 0 spiro atoms. The number of hydrogen-bond acceptors (Lipinski definition) is 3. The van der Waals surface area contributed by atoms with Gasteiger partial charge < -0.3 is 0 Å². The van der Waals surface area contributed by atoms with Crippen LogP contribution in [0.3, 0.4) is 0 Å². The van der Waals surface area contributed by atoms with Gasteiger partial charge in [0.25, 0.3) is 5.91 Å². The molecule has 1 amide bonds. The summed E-state index contributed by atoms with van der Waals surface area (Å²) >= 11 is 0. The summed E-state index contributed by atoms with van der Waals surface area (Å²) < 4.78 is 0. The average molecular weight is 183 g/mol. The van der Waals surface area contributed by atoms with Gasteiger partial charge in [-0.1, -0.05) is 26.0 Å². The molecule has 1 aliphatic heterocycles. The van der Waals surface area contributed by atoms with Crippen molar-refractivity contribution in [2.24, 2.45) is 15.8 Å². The Balaban J connectivity index is 2.68. The van der Waals surface area contributed by atoms with E-state index in [-0.39, 0.29) is 11.3 Å². The molecule has 0 fully saturated rings. The van der Waals surface area contributed by atoms with E-state index in [1.165, 1.54) is 5.01 Å². The van der Waals surface area contributed by atoms with Crippen LogP contribution >= 0.6 is 0 Å². The van der Waals surface area contributed by atoms with Crippen molar-refractivity contribution in [3.05, 3.63) is 0 Å². The van der Waals surface area contributed by atoms with Crippen molar-refractivity contribution < 1.29 is 4.79 Å². The number of hydrogen-bond donors (Lipinski definition) is 0. The van der Waals surface area contributed by atoms with Crippen LogP contribution in [0.1, 0.15) is 34.6 Å². The van der Waals surface area contributed by atoms with E-state index in [1.807, 2.05) is 0 Å². The standard InChI is InChI=1S/C9H17N3O/c1-8(2,3)6-12-7(13)9(4,5)10-11-12/h6H2,1-5H3. The van der Waals surface area contributed by atoms with Gasteiger partial charge >= 0.3 is 0 Å². The lowest BCUT2D eigenvalue weighted by Gasteiger charge is -2.23. The molecule has 0 saturated carbocycles. The molecule has 1 rings (SSSR count). The van der Waals surface area contributed by atoms with Gasteiger partial charge in [0.2, 0.25) is 0 Å². The largest absolute Gasteiger partial charge is 0.273 e. The monoisotopic (exact) mass is 183 g/mol. The van der Waals surface area contributed by atoms with Gasteiger partial charge in [-0.15, -0.1) is 0 Å². The van der Waals surface area contributed by atoms with Crippen LogP contribution in [0.15, 0.2) is 10.3 Å². The van der Waals surface area contributed by atoms with Crippen LogP contribution in [-0.2, 0) is 4.79 Å². The topological polar surface area (TPSA) is 45.0 Å². The minimum absolute atomic E-state index is 0.0116. The Morgan fingerprint density at radius 1 is 1.38 bits per heavy atom. The zero-order chi connectivity index (χ0) is 10.3. The molecule has 0 unspecified atom stereocenters. The van der Waals surface area contributed by atoms with Crippen LogP contribution in [0.4, 0.5) is 0 Å². The number of amides is 1. The predicted molar refractivity (Wildman–Crippen MR) is 50.1 cm³/mol. The normalized spacial score (nSPS) is 21.3. The lowest BCUT2D eigenvalue weighted by atomic mass is 9.96. The third-order valence-electron chi connectivity index (χ3n) is 1.78. The van der Waals surface area contributed by atoms with Crippen molar-refractivity contribution in [2.45, 2.75) is 40.2 Å². The van der Waals surface area contributed by atoms with Crippen LogP contribution in [0, 0.1) is 5.41 Å². The maximum absolute atomic E-state index is 11.6. The van der Waals surface area contributed by atoms with Crippen molar-refractivity contribution in [3.8, 4) is 0 Å². The van der Waals surface area contributed by atoms with Crippen molar-refractivity contribution in [1.29, 1.82) is 0 Å². The fraction of sp³-hybridized carbons (Fsp3) is 0.889. The molecule has 13 heavy (non-hydrogen) atoms. The van der Waals surface area contributed by atoms with Gasteiger partial charge in [0, 0.05) is 0 Å². The van der Waals surface area contributed by atoms with E-state index >= 15 is 0 Å². The van der Waals surface area contributed by atoms with Crippen molar-refractivity contribution in [1.82, 2.24) is 5.01 Å². The van der Waals surface area contributed by atoms with Gasteiger partial charge in [-0.2, -0.15) is 5.11 Å². The molecular weight excluding hydrogens is 166 g/mol. The first-order valence-electron chi connectivity index (χ1n) is 4.47. The van der Waals surface area contributed by atoms with Gasteiger partial charge in [0.1, 0.15) is 0 Å². The van der Waals surface area contributed by atoms with Gasteiger partial charge in [-0.3, -0.25) is 4.79 Å². The molecule has 0 radical (unpaired) electrons. The number of carbonyl (C=O) groups is 1. The van der Waals surface area contributed by atoms with E-state index in [1.54, 1.807) is 13.8 Å². The van der Waals surface area contributed by atoms with Crippen LogP contribution in [0.5, 0.6) is 0 Å². The van der Waals surface area contributed by atoms with Gasteiger partial charge in [-0.05, 0) is 19.3 Å². The summed E-state index contributed by atoms with van der Waals surface area (Å²) in [6.45, 7) is 10.4. The lowest BCUT2D eigenvalue weighted by Crippen LogP contribution is -2.39. The second-order valence-electron chi connectivity index (χ2n) is 5.17. The Morgan fingerprint density at radius 2 is 1.92 bits per heavy atom. The Bertz CT molecular complexity index is 250. The van der Waals surface area contributed by atoms with E-state index < -0.39 is 5.54 Å². The fourth-order valence-corrected chi connectivity index (χ4v) is 1.12. The Kier molecular flexibility index (Phi) is 2.18. The Hall–Kier alpha value is -0.930. The summed E-state index contributed by atoms with van der Waals surface area (Å²) in [4.78, 5) is 11.6. The van der Waals surface area contributed by atoms with Crippen molar-refractivity contribution in [2.75, 3.05) is 6.54 Å². The average Bonchev–Trinajstić information content (AvgIpc) is 2.13. The first-order valence-corrected chi connectivity index (χ1v) is 4.47. The minimum atomic E-state index is -0.661. The van der Waals surface area contributed by atoms with Crippen LogP contribution in [-0.4, -0.2) is 23.0 Å². The maximum atomic E-state index is 11.6. The van der Waals surface area contributed by atoms with E-state index in [4.69, 9.17) is 0 Å². The molecule has 0 atom stereocenters. The molecule has 4 heteroatoms. The Morgan fingerprint density at radius 3 is 2.23 bits per heavy atom. The molecule has 0 aliphatic carbocycles.